The van der Waals surface area contributed by atoms with E-state index in [-0.39, 0.29) is 6.04 Å². The fourth-order valence-electron chi connectivity index (χ4n) is 3.31. The quantitative estimate of drug-likeness (QED) is 0.805. The second-order valence-electron chi connectivity index (χ2n) is 5.98. The van der Waals surface area contributed by atoms with Crippen molar-refractivity contribution in [2.75, 3.05) is 33.3 Å². The van der Waals surface area contributed by atoms with Crippen molar-refractivity contribution in [3.63, 3.8) is 0 Å². The normalized spacial score (nSPS) is 17.3. The Morgan fingerprint density at radius 2 is 2.04 bits per heavy atom. The molecule has 1 fully saturated rings. The zero-order valence-corrected chi connectivity index (χ0v) is 16.1. The molecule has 1 saturated heterocycles. The molecule has 1 heterocycles. The molecule has 1 aliphatic rings. The molecule has 2 aromatic carbocycles. The van der Waals surface area contributed by atoms with Crippen LogP contribution < -0.4 is 10.1 Å². The van der Waals surface area contributed by atoms with Gasteiger partial charge < -0.3 is 10.1 Å². The molecule has 3 rings (SSSR count). The third-order valence-corrected chi connectivity index (χ3v) is 5.12. The molecule has 0 aromatic heterocycles. The maximum atomic E-state index is 6.31. The van der Waals surface area contributed by atoms with E-state index >= 15 is 0 Å². The number of methoxy groups -OCH3 is 1. The van der Waals surface area contributed by atoms with E-state index in [2.05, 4.69) is 50.4 Å². The van der Waals surface area contributed by atoms with Gasteiger partial charge in [-0.1, -0.05) is 39.7 Å². The Labute approximate surface area is 157 Å². The molecule has 0 spiro atoms. The lowest BCUT2D eigenvalue weighted by molar-refractivity contribution is 0.236. The Hall–Kier alpha value is -1.07. The predicted octanol–water partition coefficient (Wildman–Crippen LogP) is 4.50. The highest BCUT2D eigenvalue weighted by molar-refractivity contribution is 9.10. The number of halogens is 2. The SMILES string of the molecule is COc1ccc(Cl)cc1C(c1cccc(Br)c1)N1CCCNCC1. The summed E-state index contributed by atoms with van der Waals surface area (Å²) >= 11 is 9.92. The molecule has 0 radical (unpaired) electrons. The highest BCUT2D eigenvalue weighted by atomic mass is 79.9. The van der Waals surface area contributed by atoms with Crippen LogP contribution in [-0.2, 0) is 0 Å². The van der Waals surface area contributed by atoms with Gasteiger partial charge in [-0.25, -0.2) is 0 Å². The average Bonchev–Trinajstić information content (AvgIpc) is 2.85. The van der Waals surface area contributed by atoms with Gasteiger partial charge in [0, 0.05) is 34.7 Å². The summed E-state index contributed by atoms with van der Waals surface area (Å²) in [6.07, 6.45) is 1.13. The summed E-state index contributed by atoms with van der Waals surface area (Å²) in [6, 6.07) is 14.5. The standard InChI is InChI=1S/C19H22BrClN2O/c1-24-18-7-6-16(21)13-17(18)19(14-4-2-5-15(20)12-14)23-10-3-8-22-9-11-23/h2,4-7,12-13,19,22H,3,8-11H2,1H3. The van der Waals surface area contributed by atoms with Crippen LogP contribution in [0.2, 0.25) is 5.02 Å². The van der Waals surface area contributed by atoms with Gasteiger partial charge in [-0.2, -0.15) is 0 Å². The molecule has 1 unspecified atom stereocenters. The molecule has 1 aliphatic heterocycles. The van der Waals surface area contributed by atoms with Crippen molar-refractivity contribution in [2.24, 2.45) is 0 Å². The Morgan fingerprint density at radius 3 is 2.83 bits per heavy atom. The molecule has 0 saturated carbocycles. The van der Waals surface area contributed by atoms with Crippen molar-refractivity contribution in [1.82, 2.24) is 10.2 Å². The highest BCUT2D eigenvalue weighted by Crippen LogP contribution is 2.37. The van der Waals surface area contributed by atoms with E-state index in [4.69, 9.17) is 16.3 Å². The smallest absolute Gasteiger partial charge is 0.124 e. The van der Waals surface area contributed by atoms with Crippen molar-refractivity contribution in [3.05, 3.63) is 63.1 Å². The van der Waals surface area contributed by atoms with Gasteiger partial charge in [0.2, 0.25) is 0 Å². The van der Waals surface area contributed by atoms with Gasteiger partial charge in [-0.15, -0.1) is 0 Å². The zero-order valence-electron chi connectivity index (χ0n) is 13.8. The van der Waals surface area contributed by atoms with Gasteiger partial charge in [0.1, 0.15) is 5.75 Å². The number of nitrogens with zero attached hydrogens (tertiary/aromatic N) is 1. The van der Waals surface area contributed by atoms with E-state index in [1.165, 1.54) is 5.56 Å². The van der Waals surface area contributed by atoms with Crippen molar-refractivity contribution in [2.45, 2.75) is 12.5 Å². The molecule has 5 heteroatoms. The molecule has 128 valence electrons. The molecule has 0 bridgehead atoms. The van der Waals surface area contributed by atoms with E-state index < -0.39 is 0 Å². The summed E-state index contributed by atoms with van der Waals surface area (Å²) in [6.45, 7) is 4.09. The summed E-state index contributed by atoms with van der Waals surface area (Å²) in [4.78, 5) is 2.51. The van der Waals surface area contributed by atoms with Crippen LogP contribution >= 0.6 is 27.5 Å². The van der Waals surface area contributed by atoms with Crippen molar-refractivity contribution < 1.29 is 4.74 Å². The molecule has 0 aliphatic carbocycles. The monoisotopic (exact) mass is 408 g/mol. The number of benzene rings is 2. The van der Waals surface area contributed by atoms with E-state index in [0.717, 1.165) is 53.4 Å². The van der Waals surface area contributed by atoms with Gasteiger partial charge in [0.25, 0.3) is 0 Å². The Balaban J connectivity index is 2.09. The van der Waals surface area contributed by atoms with Crippen LogP contribution in [0.4, 0.5) is 0 Å². The van der Waals surface area contributed by atoms with Crippen LogP contribution in [0, 0.1) is 0 Å². The number of hydrogen-bond donors (Lipinski definition) is 1. The largest absolute Gasteiger partial charge is 0.496 e. The van der Waals surface area contributed by atoms with Crippen LogP contribution in [0.1, 0.15) is 23.6 Å². The van der Waals surface area contributed by atoms with Gasteiger partial charge in [-0.3, -0.25) is 4.90 Å². The van der Waals surface area contributed by atoms with Gasteiger partial charge in [0.05, 0.1) is 13.2 Å². The van der Waals surface area contributed by atoms with Crippen LogP contribution in [-0.4, -0.2) is 38.2 Å². The number of rotatable bonds is 4. The minimum Gasteiger partial charge on any atom is -0.496 e. The second kappa shape index (κ2) is 8.34. The third kappa shape index (κ3) is 4.12. The van der Waals surface area contributed by atoms with Crippen LogP contribution in [0.3, 0.4) is 0 Å². The number of ether oxygens (including phenoxy) is 1. The molecular weight excluding hydrogens is 388 g/mol. The third-order valence-electron chi connectivity index (χ3n) is 4.39. The number of nitrogens with one attached hydrogen (secondary N) is 1. The lowest BCUT2D eigenvalue weighted by Gasteiger charge is -2.32. The van der Waals surface area contributed by atoms with Crippen molar-refractivity contribution in [3.8, 4) is 5.75 Å². The Kier molecular flexibility index (Phi) is 6.17. The Bertz CT molecular complexity index is 687. The Morgan fingerprint density at radius 1 is 1.17 bits per heavy atom. The zero-order chi connectivity index (χ0) is 16.9. The van der Waals surface area contributed by atoms with Crippen molar-refractivity contribution in [1.29, 1.82) is 0 Å². The van der Waals surface area contributed by atoms with Crippen molar-refractivity contribution >= 4 is 27.5 Å². The molecular formula is C19H22BrClN2O. The van der Waals surface area contributed by atoms with E-state index in [0.29, 0.717) is 0 Å². The maximum absolute atomic E-state index is 6.31. The highest BCUT2D eigenvalue weighted by Gasteiger charge is 2.26. The molecule has 1 atom stereocenters. The summed E-state index contributed by atoms with van der Waals surface area (Å²) in [5, 5.41) is 4.21. The first-order chi connectivity index (χ1) is 11.7. The van der Waals surface area contributed by atoms with E-state index in [1.807, 2.05) is 18.2 Å². The lowest BCUT2D eigenvalue weighted by atomic mass is 9.96. The molecule has 3 nitrogen and oxygen atoms in total. The van der Waals surface area contributed by atoms with Gasteiger partial charge in [0.15, 0.2) is 0 Å². The van der Waals surface area contributed by atoms with Gasteiger partial charge >= 0.3 is 0 Å². The fourth-order valence-corrected chi connectivity index (χ4v) is 3.90. The minimum atomic E-state index is 0.121. The number of hydrogen-bond acceptors (Lipinski definition) is 3. The molecule has 2 aromatic rings. The summed E-state index contributed by atoms with van der Waals surface area (Å²) < 4.78 is 6.72. The van der Waals surface area contributed by atoms with E-state index in [1.54, 1.807) is 7.11 Å². The fraction of sp³-hybridized carbons (Fsp3) is 0.368. The predicted molar refractivity (Wildman–Crippen MR) is 103 cm³/mol. The summed E-state index contributed by atoms with van der Waals surface area (Å²) in [5.41, 5.74) is 2.36. The maximum Gasteiger partial charge on any atom is 0.124 e. The van der Waals surface area contributed by atoms with Crippen LogP contribution in [0.15, 0.2) is 46.9 Å². The van der Waals surface area contributed by atoms with Crippen LogP contribution in [0.5, 0.6) is 5.75 Å². The minimum absolute atomic E-state index is 0.121. The first-order valence-electron chi connectivity index (χ1n) is 8.22. The first-order valence-corrected chi connectivity index (χ1v) is 9.40. The molecule has 0 amide bonds. The topological polar surface area (TPSA) is 24.5 Å². The molecule has 1 N–H and O–H groups in total. The van der Waals surface area contributed by atoms with Gasteiger partial charge in [-0.05, 0) is 48.9 Å². The average molecular weight is 410 g/mol. The van der Waals surface area contributed by atoms with E-state index in [9.17, 15) is 0 Å². The summed E-state index contributed by atoms with van der Waals surface area (Å²) in [5.74, 6) is 0.876. The first kappa shape index (κ1) is 17.7. The lowest BCUT2D eigenvalue weighted by Crippen LogP contribution is -2.33. The van der Waals surface area contributed by atoms with Crippen LogP contribution in [0.25, 0.3) is 0 Å². The second-order valence-corrected chi connectivity index (χ2v) is 7.34. The summed E-state index contributed by atoms with van der Waals surface area (Å²) in [7, 11) is 1.72. The molecule has 24 heavy (non-hydrogen) atoms.